The van der Waals surface area contributed by atoms with E-state index in [9.17, 15) is 0 Å². The maximum atomic E-state index is 5.54. The summed E-state index contributed by atoms with van der Waals surface area (Å²) in [6.07, 6.45) is 1.72. The summed E-state index contributed by atoms with van der Waals surface area (Å²) in [5.74, 6) is 0.851. The highest BCUT2D eigenvalue weighted by atomic mass is 16.5. The molecule has 0 atom stereocenters. The van der Waals surface area contributed by atoms with Gasteiger partial charge in [-0.1, -0.05) is 19.1 Å². The Kier molecular flexibility index (Phi) is 4.81. The van der Waals surface area contributed by atoms with E-state index in [0.717, 1.165) is 41.3 Å². The van der Waals surface area contributed by atoms with Gasteiger partial charge in [-0.2, -0.15) is 5.10 Å². The summed E-state index contributed by atoms with van der Waals surface area (Å²) < 4.78 is 7.50. The molecule has 0 fully saturated rings. The van der Waals surface area contributed by atoms with Gasteiger partial charge in [0, 0.05) is 29.9 Å². The largest absolute Gasteiger partial charge is 0.492 e. The number of ether oxygens (including phenoxy) is 1. The quantitative estimate of drug-likeness (QED) is 0.757. The van der Waals surface area contributed by atoms with Crippen LogP contribution in [0, 0.1) is 13.8 Å². The zero-order valence-corrected chi connectivity index (χ0v) is 14.5. The molecule has 0 radical (unpaired) electrons. The second-order valence-corrected chi connectivity index (χ2v) is 6.01. The molecule has 2 aromatic heterocycles. The Morgan fingerprint density at radius 2 is 1.92 bits per heavy atom. The summed E-state index contributed by atoms with van der Waals surface area (Å²) in [6.45, 7) is 7.29. The van der Waals surface area contributed by atoms with E-state index in [1.165, 1.54) is 11.1 Å². The van der Waals surface area contributed by atoms with E-state index < -0.39 is 0 Å². The normalized spacial score (nSPS) is 11.2. The molecule has 0 unspecified atom stereocenters. The Hall–Kier alpha value is -2.40. The molecule has 0 spiro atoms. The highest BCUT2D eigenvalue weighted by Crippen LogP contribution is 2.22. The van der Waals surface area contributed by atoms with Crippen LogP contribution in [-0.2, 0) is 12.8 Å². The predicted molar refractivity (Wildman–Crippen MR) is 95.6 cm³/mol. The molecule has 0 saturated carbocycles. The number of nitrogens with two attached hydrogens (primary N) is 1. The number of hydrogen-bond acceptors (Lipinski definition) is 4. The van der Waals surface area contributed by atoms with Crippen LogP contribution in [0.2, 0.25) is 0 Å². The third-order valence-electron chi connectivity index (χ3n) is 4.10. The summed E-state index contributed by atoms with van der Waals surface area (Å²) in [5.41, 5.74) is 12.1. The van der Waals surface area contributed by atoms with Crippen LogP contribution in [0.15, 0.2) is 30.3 Å². The molecule has 3 aromatic rings. The van der Waals surface area contributed by atoms with Crippen molar-refractivity contribution in [3.8, 4) is 5.75 Å². The Morgan fingerprint density at radius 3 is 2.58 bits per heavy atom. The SMILES string of the molecule is CCc1nn2c(C)cc(C)nc2c1Cc1ccc(OCCN)cc1. The molecule has 2 heterocycles. The number of aryl methyl sites for hydroxylation is 3. The third kappa shape index (κ3) is 3.26. The van der Waals surface area contributed by atoms with Gasteiger partial charge in [0.15, 0.2) is 5.65 Å². The number of fused-ring (bicyclic) bond motifs is 1. The first-order chi connectivity index (χ1) is 11.6. The number of rotatable bonds is 6. The summed E-state index contributed by atoms with van der Waals surface area (Å²) in [5, 5.41) is 4.74. The van der Waals surface area contributed by atoms with Crippen LogP contribution >= 0.6 is 0 Å². The number of benzene rings is 1. The summed E-state index contributed by atoms with van der Waals surface area (Å²) in [6, 6.07) is 10.2. The smallest absolute Gasteiger partial charge is 0.159 e. The summed E-state index contributed by atoms with van der Waals surface area (Å²) in [4.78, 5) is 4.72. The van der Waals surface area contributed by atoms with Gasteiger partial charge in [0.1, 0.15) is 12.4 Å². The first-order valence-corrected chi connectivity index (χ1v) is 8.39. The molecule has 0 aliphatic carbocycles. The lowest BCUT2D eigenvalue weighted by Gasteiger charge is -2.07. The van der Waals surface area contributed by atoms with Crippen molar-refractivity contribution >= 4 is 5.65 Å². The number of aromatic nitrogens is 3. The van der Waals surface area contributed by atoms with Gasteiger partial charge >= 0.3 is 0 Å². The molecule has 126 valence electrons. The van der Waals surface area contributed by atoms with Gasteiger partial charge in [0.05, 0.1) is 5.69 Å². The molecule has 0 aliphatic rings. The first-order valence-electron chi connectivity index (χ1n) is 8.39. The van der Waals surface area contributed by atoms with E-state index in [1.54, 1.807) is 0 Å². The summed E-state index contributed by atoms with van der Waals surface area (Å²) in [7, 11) is 0. The predicted octanol–water partition coefficient (Wildman–Crippen LogP) is 2.84. The van der Waals surface area contributed by atoms with Crippen LogP contribution in [-0.4, -0.2) is 27.7 Å². The molecule has 24 heavy (non-hydrogen) atoms. The molecule has 0 bridgehead atoms. The number of nitrogens with zero attached hydrogens (tertiary/aromatic N) is 3. The number of hydrogen-bond donors (Lipinski definition) is 1. The van der Waals surface area contributed by atoms with Gasteiger partial charge in [0.2, 0.25) is 0 Å². The molecule has 1 aromatic carbocycles. The Morgan fingerprint density at radius 1 is 1.17 bits per heavy atom. The lowest BCUT2D eigenvalue weighted by molar-refractivity contribution is 0.328. The fraction of sp³-hybridized carbons (Fsp3) is 0.368. The van der Waals surface area contributed by atoms with Crippen LogP contribution in [0.4, 0.5) is 0 Å². The minimum absolute atomic E-state index is 0.522. The average molecular weight is 324 g/mol. The van der Waals surface area contributed by atoms with Gasteiger partial charge in [-0.05, 0) is 44.0 Å². The molecule has 2 N–H and O–H groups in total. The van der Waals surface area contributed by atoms with Crippen LogP contribution < -0.4 is 10.5 Å². The van der Waals surface area contributed by atoms with Gasteiger partial charge < -0.3 is 10.5 Å². The fourth-order valence-electron chi connectivity index (χ4n) is 2.96. The molecular formula is C19H24N4O. The van der Waals surface area contributed by atoms with E-state index in [1.807, 2.05) is 23.6 Å². The van der Waals surface area contributed by atoms with E-state index >= 15 is 0 Å². The highest BCUT2D eigenvalue weighted by molar-refractivity contribution is 5.53. The van der Waals surface area contributed by atoms with Gasteiger partial charge in [0.25, 0.3) is 0 Å². The van der Waals surface area contributed by atoms with Gasteiger partial charge in [-0.3, -0.25) is 0 Å². The van der Waals surface area contributed by atoms with Crippen LogP contribution in [0.3, 0.4) is 0 Å². The maximum Gasteiger partial charge on any atom is 0.159 e. The first kappa shape index (κ1) is 16.5. The van der Waals surface area contributed by atoms with Crippen molar-refractivity contribution in [3.05, 3.63) is 58.5 Å². The Labute approximate surface area is 142 Å². The topological polar surface area (TPSA) is 65.4 Å². The standard InChI is InChI=1S/C19H24N4O/c1-4-18-17(19-21-13(2)11-14(3)23(19)22-18)12-15-5-7-16(8-6-15)24-10-9-20/h5-8,11H,4,9-10,12,20H2,1-3H3. The molecule has 3 rings (SSSR count). The van der Waals surface area contributed by atoms with Gasteiger partial charge in [-0.15, -0.1) is 0 Å². The zero-order chi connectivity index (χ0) is 17.1. The van der Waals surface area contributed by atoms with Gasteiger partial charge in [-0.25, -0.2) is 9.50 Å². The molecule has 5 heteroatoms. The second kappa shape index (κ2) is 7.01. The highest BCUT2D eigenvalue weighted by Gasteiger charge is 2.15. The molecule has 0 saturated heterocycles. The third-order valence-corrected chi connectivity index (χ3v) is 4.10. The van der Waals surface area contributed by atoms with Crippen molar-refractivity contribution in [1.29, 1.82) is 0 Å². The van der Waals surface area contributed by atoms with Crippen LogP contribution in [0.5, 0.6) is 5.75 Å². The zero-order valence-electron chi connectivity index (χ0n) is 14.5. The molecule has 5 nitrogen and oxygen atoms in total. The van der Waals surface area contributed by atoms with E-state index in [2.05, 4.69) is 32.0 Å². The van der Waals surface area contributed by atoms with E-state index in [-0.39, 0.29) is 0 Å². The minimum atomic E-state index is 0.522. The lowest BCUT2D eigenvalue weighted by atomic mass is 10.0. The van der Waals surface area contributed by atoms with Crippen LogP contribution in [0.25, 0.3) is 5.65 Å². The molecule has 0 amide bonds. The van der Waals surface area contributed by atoms with Crippen molar-refractivity contribution in [3.63, 3.8) is 0 Å². The van der Waals surface area contributed by atoms with E-state index in [0.29, 0.717) is 13.2 Å². The van der Waals surface area contributed by atoms with Crippen molar-refractivity contribution in [2.24, 2.45) is 5.73 Å². The van der Waals surface area contributed by atoms with Crippen molar-refractivity contribution in [2.75, 3.05) is 13.2 Å². The van der Waals surface area contributed by atoms with Crippen molar-refractivity contribution < 1.29 is 4.74 Å². The summed E-state index contributed by atoms with van der Waals surface area (Å²) >= 11 is 0. The molecular weight excluding hydrogens is 300 g/mol. The van der Waals surface area contributed by atoms with Crippen molar-refractivity contribution in [2.45, 2.75) is 33.6 Å². The van der Waals surface area contributed by atoms with Crippen molar-refractivity contribution in [1.82, 2.24) is 14.6 Å². The van der Waals surface area contributed by atoms with E-state index in [4.69, 9.17) is 20.6 Å². The average Bonchev–Trinajstić information content (AvgIpc) is 2.92. The monoisotopic (exact) mass is 324 g/mol. The Bertz CT molecular complexity index is 837. The fourth-order valence-corrected chi connectivity index (χ4v) is 2.96. The lowest BCUT2D eigenvalue weighted by Crippen LogP contribution is -2.10. The second-order valence-electron chi connectivity index (χ2n) is 6.01. The minimum Gasteiger partial charge on any atom is -0.492 e. The van der Waals surface area contributed by atoms with Crippen LogP contribution in [0.1, 0.15) is 35.1 Å². The maximum absolute atomic E-state index is 5.54. The molecule has 0 aliphatic heterocycles. The Balaban J connectivity index is 1.94.